The number of rotatable bonds is 3. The average molecular weight is 263 g/mol. The predicted molar refractivity (Wildman–Crippen MR) is 66.7 cm³/mol. The highest BCUT2D eigenvalue weighted by Gasteiger charge is 2.11. The molecule has 74 valence electrons. The summed E-state index contributed by atoms with van der Waals surface area (Å²) in [5, 5.41) is 4.15. The van der Waals surface area contributed by atoms with Gasteiger partial charge in [-0.15, -0.1) is 45.9 Å². The van der Waals surface area contributed by atoms with Gasteiger partial charge in [0.2, 0.25) is 0 Å². The Bertz CT molecular complexity index is 377. The minimum absolute atomic E-state index is 0.568. The lowest BCUT2D eigenvalue weighted by atomic mass is 10.2. The van der Waals surface area contributed by atoms with Crippen molar-refractivity contribution in [3.8, 4) is 9.75 Å². The summed E-state index contributed by atoms with van der Waals surface area (Å²) in [4.78, 5) is 2.54. The molecule has 0 aliphatic rings. The lowest BCUT2D eigenvalue weighted by Crippen LogP contribution is -1.79. The van der Waals surface area contributed by atoms with Gasteiger partial charge >= 0.3 is 0 Å². The molecule has 14 heavy (non-hydrogen) atoms. The molecule has 0 atom stereocenters. The highest BCUT2D eigenvalue weighted by Crippen LogP contribution is 2.37. The third-order valence-corrected chi connectivity index (χ3v) is 4.64. The van der Waals surface area contributed by atoms with Crippen molar-refractivity contribution in [1.29, 1.82) is 0 Å². The van der Waals surface area contributed by atoms with E-state index in [2.05, 4.69) is 22.9 Å². The standard InChI is InChI=1S/C10H8Cl2S2/c11-5-7-1-3-13-9(7)10-8(6-12)2-4-14-10/h1-4H,5-6H2. The molecule has 0 spiro atoms. The molecular weight excluding hydrogens is 255 g/mol. The van der Waals surface area contributed by atoms with Crippen molar-refractivity contribution in [3.05, 3.63) is 34.0 Å². The van der Waals surface area contributed by atoms with E-state index in [1.807, 2.05) is 0 Å². The Labute approximate surface area is 101 Å². The van der Waals surface area contributed by atoms with Gasteiger partial charge in [0.1, 0.15) is 0 Å². The molecule has 0 saturated heterocycles. The predicted octanol–water partition coefficient (Wildman–Crippen LogP) is 4.95. The fraction of sp³-hybridized carbons (Fsp3) is 0.200. The molecule has 2 heterocycles. The summed E-state index contributed by atoms with van der Waals surface area (Å²) >= 11 is 15.2. The monoisotopic (exact) mass is 262 g/mol. The molecule has 0 nitrogen and oxygen atoms in total. The largest absolute Gasteiger partial charge is 0.143 e. The zero-order chi connectivity index (χ0) is 9.97. The van der Waals surface area contributed by atoms with E-state index < -0.39 is 0 Å². The van der Waals surface area contributed by atoms with E-state index >= 15 is 0 Å². The Hall–Kier alpha value is -0.0200. The van der Waals surface area contributed by atoms with Gasteiger partial charge in [0.15, 0.2) is 0 Å². The first-order valence-corrected chi connectivity index (χ1v) is 6.94. The lowest BCUT2D eigenvalue weighted by Gasteiger charge is -2.00. The molecule has 2 rings (SSSR count). The molecule has 0 aliphatic heterocycles. The fourth-order valence-corrected chi connectivity index (χ4v) is 3.97. The molecule has 0 N–H and O–H groups in total. The lowest BCUT2D eigenvalue weighted by molar-refractivity contribution is 1.43. The smallest absolute Gasteiger partial charge is 0.0489 e. The van der Waals surface area contributed by atoms with Gasteiger partial charge in [0.05, 0.1) is 0 Å². The van der Waals surface area contributed by atoms with E-state index in [0.29, 0.717) is 11.8 Å². The molecule has 0 aromatic carbocycles. The SMILES string of the molecule is ClCc1ccsc1-c1sccc1CCl. The molecule has 0 bridgehead atoms. The number of thiophene rings is 2. The van der Waals surface area contributed by atoms with Gasteiger partial charge in [-0.05, 0) is 34.0 Å². The summed E-state index contributed by atoms with van der Waals surface area (Å²) in [5.74, 6) is 1.14. The van der Waals surface area contributed by atoms with Crippen LogP contribution in [0.4, 0.5) is 0 Å². The highest BCUT2D eigenvalue weighted by atomic mass is 35.5. The van der Waals surface area contributed by atoms with Crippen LogP contribution in [0.2, 0.25) is 0 Å². The van der Waals surface area contributed by atoms with Crippen LogP contribution in [-0.2, 0) is 11.8 Å². The first-order chi connectivity index (χ1) is 6.86. The Morgan fingerprint density at radius 1 is 0.857 bits per heavy atom. The van der Waals surface area contributed by atoms with Crippen molar-refractivity contribution >= 4 is 45.9 Å². The molecule has 0 amide bonds. The summed E-state index contributed by atoms with van der Waals surface area (Å²) in [6.45, 7) is 0. The van der Waals surface area contributed by atoms with Crippen LogP contribution in [0, 0.1) is 0 Å². The fourth-order valence-electron chi connectivity index (χ4n) is 1.28. The van der Waals surface area contributed by atoms with E-state index in [-0.39, 0.29) is 0 Å². The Morgan fingerprint density at radius 2 is 1.29 bits per heavy atom. The van der Waals surface area contributed by atoms with Gasteiger partial charge in [-0.3, -0.25) is 0 Å². The topological polar surface area (TPSA) is 0 Å². The normalized spacial score (nSPS) is 10.7. The number of hydrogen-bond acceptors (Lipinski definition) is 2. The van der Waals surface area contributed by atoms with Crippen molar-refractivity contribution in [2.24, 2.45) is 0 Å². The maximum atomic E-state index is 5.86. The van der Waals surface area contributed by atoms with Gasteiger partial charge in [-0.1, -0.05) is 0 Å². The van der Waals surface area contributed by atoms with Gasteiger partial charge in [0, 0.05) is 21.5 Å². The Morgan fingerprint density at radius 3 is 1.64 bits per heavy atom. The maximum Gasteiger partial charge on any atom is 0.0489 e. The minimum atomic E-state index is 0.568. The first kappa shape index (κ1) is 10.5. The van der Waals surface area contributed by atoms with Crippen molar-refractivity contribution in [2.45, 2.75) is 11.8 Å². The molecule has 2 aromatic rings. The molecule has 2 aromatic heterocycles. The van der Waals surface area contributed by atoms with Crippen molar-refractivity contribution < 1.29 is 0 Å². The zero-order valence-electron chi connectivity index (χ0n) is 7.30. The summed E-state index contributed by atoms with van der Waals surface area (Å²) < 4.78 is 0. The third-order valence-electron chi connectivity index (χ3n) is 1.99. The second-order valence-corrected chi connectivity index (χ2v) is 5.18. The molecule has 0 unspecified atom stereocenters. The van der Waals surface area contributed by atoms with Crippen LogP contribution in [0.15, 0.2) is 22.9 Å². The van der Waals surface area contributed by atoms with E-state index in [4.69, 9.17) is 23.2 Å². The van der Waals surface area contributed by atoms with E-state index in [0.717, 1.165) is 0 Å². The van der Waals surface area contributed by atoms with Crippen molar-refractivity contribution in [1.82, 2.24) is 0 Å². The number of hydrogen-bond donors (Lipinski definition) is 0. The van der Waals surface area contributed by atoms with E-state index in [1.165, 1.54) is 20.9 Å². The summed E-state index contributed by atoms with van der Waals surface area (Å²) in [5.41, 5.74) is 2.40. The van der Waals surface area contributed by atoms with Crippen LogP contribution in [0.1, 0.15) is 11.1 Å². The molecule has 4 heteroatoms. The van der Waals surface area contributed by atoms with Gasteiger partial charge in [-0.25, -0.2) is 0 Å². The van der Waals surface area contributed by atoms with E-state index in [1.54, 1.807) is 22.7 Å². The molecule has 0 radical (unpaired) electrons. The molecule has 0 fully saturated rings. The molecular formula is C10H8Cl2S2. The Balaban J connectivity index is 2.48. The number of halogens is 2. The molecule has 0 saturated carbocycles. The van der Waals surface area contributed by atoms with Crippen LogP contribution in [0.25, 0.3) is 9.75 Å². The summed E-state index contributed by atoms with van der Waals surface area (Å²) in [6.07, 6.45) is 0. The van der Waals surface area contributed by atoms with Crippen LogP contribution in [0.5, 0.6) is 0 Å². The van der Waals surface area contributed by atoms with Gasteiger partial charge in [0.25, 0.3) is 0 Å². The third kappa shape index (κ3) is 1.84. The minimum Gasteiger partial charge on any atom is -0.143 e. The van der Waals surface area contributed by atoms with Crippen LogP contribution in [0.3, 0.4) is 0 Å². The van der Waals surface area contributed by atoms with Gasteiger partial charge in [-0.2, -0.15) is 0 Å². The second kappa shape index (κ2) is 4.67. The van der Waals surface area contributed by atoms with E-state index in [9.17, 15) is 0 Å². The van der Waals surface area contributed by atoms with Gasteiger partial charge < -0.3 is 0 Å². The second-order valence-electron chi connectivity index (χ2n) is 2.82. The first-order valence-electron chi connectivity index (χ1n) is 4.12. The van der Waals surface area contributed by atoms with Crippen molar-refractivity contribution in [2.75, 3.05) is 0 Å². The summed E-state index contributed by atoms with van der Waals surface area (Å²) in [6, 6.07) is 4.15. The van der Waals surface area contributed by atoms with Crippen LogP contribution >= 0.6 is 45.9 Å². The van der Waals surface area contributed by atoms with Crippen molar-refractivity contribution in [3.63, 3.8) is 0 Å². The molecule has 0 aliphatic carbocycles. The van der Waals surface area contributed by atoms with Crippen LogP contribution in [-0.4, -0.2) is 0 Å². The zero-order valence-corrected chi connectivity index (χ0v) is 10.4. The summed E-state index contributed by atoms with van der Waals surface area (Å²) in [7, 11) is 0. The Kier molecular flexibility index (Phi) is 3.50. The average Bonchev–Trinajstić information content (AvgIpc) is 2.85. The quantitative estimate of drug-likeness (QED) is 0.687. The maximum absolute atomic E-state index is 5.86. The van der Waals surface area contributed by atoms with Crippen LogP contribution < -0.4 is 0 Å². The number of alkyl halides is 2. The highest BCUT2D eigenvalue weighted by molar-refractivity contribution is 7.20.